The lowest BCUT2D eigenvalue weighted by Crippen LogP contribution is -2.38. The van der Waals surface area contributed by atoms with Gasteiger partial charge in [-0.3, -0.25) is 0 Å². The van der Waals surface area contributed by atoms with E-state index in [1.807, 2.05) is 0 Å². The average Bonchev–Trinajstić information content (AvgIpc) is 3.15. The van der Waals surface area contributed by atoms with E-state index in [1.54, 1.807) is 0 Å². The molecule has 0 amide bonds. The minimum atomic E-state index is 0.857. The lowest BCUT2D eigenvalue weighted by atomic mass is 9.76. The highest BCUT2D eigenvalue weighted by Gasteiger charge is 2.55. The number of hydrogen-bond acceptors (Lipinski definition) is 1. The van der Waals surface area contributed by atoms with Gasteiger partial charge in [-0.25, -0.2) is 0 Å². The molecule has 0 bridgehead atoms. The Hall–Kier alpha value is -0.0400. The van der Waals surface area contributed by atoms with Crippen LogP contribution in [0.15, 0.2) is 0 Å². The van der Waals surface area contributed by atoms with Crippen molar-refractivity contribution >= 4 is 0 Å². The summed E-state index contributed by atoms with van der Waals surface area (Å²) in [6.45, 7) is 2.37. The molecule has 0 spiro atoms. The molecule has 0 radical (unpaired) electrons. The van der Waals surface area contributed by atoms with Crippen LogP contribution >= 0.6 is 0 Å². The largest absolute Gasteiger partial charge is 0.316 e. The van der Waals surface area contributed by atoms with Crippen molar-refractivity contribution in [1.29, 1.82) is 0 Å². The zero-order valence-electron chi connectivity index (χ0n) is 12.3. The van der Waals surface area contributed by atoms with Crippen LogP contribution in [0.5, 0.6) is 0 Å². The first-order valence-corrected chi connectivity index (χ1v) is 8.52. The maximum atomic E-state index is 3.72. The molecule has 3 aliphatic carbocycles. The predicted molar refractivity (Wildman–Crippen MR) is 77.5 cm³/mol. The minimum absolute atomic E-state index is 0.857. The maximum Gasteiger partial charge on any atom is 0.0126 e. The van der Waals surface area contributed by atoms with E-state index in [1.165, 1.54) is 57.8 Å². The topological polar surface area (TPSA) is 12.0 Å². The molecule has 0 aromatic carbocycles. The second-order valence-corrected chi connectivity index (χ2v) is 7.19. The van der Waals surface area contributed by atoms with E-state index >= 15 is 0 Å². The summed E-state index contributed by atoms with van der Waals surface area (Å²) in [5.41, 5.74) is 0. The molecule has 3 unspecified atom stereocenters. The second kappa shape index (κ2) is 5.53. The van der Waals surface area contributed by atoms with Gasteiger partial charge in [0.05, 0.1) is 0 Å². The zero-order valence-corrected chi connectivity index (χ0v) is 12.3. The van der Waals surface area contributed by atoms with Gasteiger partial charge in [0.1, 0.15) is 0 Å². The highest BCUT2D eigenvalue weighted by Crippen LogP contribution is 2.58. The molecule has 0 aromatic rings. The van der Waals surface area contributed by atoms with Gasteiger partial charge < -0.3 is 5.32 Å². The Morgan fingerprint density at radius 2 is 1.56 bits per heavy atom. The van der Waals surface area contributed by atoms with Crippen molar-refractivity contribution < 1.29 is 0 Å². The third-order valence-corrected chi connectivity index (χ3v) is 6.45. The lowest BCUT2D eigenvalue weighted by Gasteiger charge is -2.34. The van der Waals surface area contributed by atoms with E-state index in [4.69, 9.17) is 0 Å². The van der Waals surface area contributed by atoms with E-state index in [9.17, 15) is 0 Å². The zero-order chi connectivity index (χ0) is 12.5. The molecule has 3 aliphatic rings. The fraction of sp³-hybridized carbons (Fsp3) is 1.00. The highest BCUT2D eigenvalue weighted by atomic mass is 14.9. The molecule has 3 atom stereocenters. The van der Waals surface area contributed by atoms with E-state index in [2.05, 4.69) is 19.3 Å². The summed E-state index contributed by atoms with van der Waals surface area (Å²) in [6, 6.07) is 0.857. The summed E-state index contributed by atoms with van der Waals surface area (Å²) >= 11 is 0. The summed E-state index contributed by atoms with van der Waals surface area (Å²) in [7, 11) is 2.22. The minimum Gasteiger partial charge on any atom is -0.316 e. The predicted octanol–water partition coefficient (Wildman–Crippen LogP) is 4.23. The first-order chi connectivity index (χ1) is 8.85. The second-order valence-electron chi connectivity index (χ2n) is 7.19. The summed E-state index contributed by atoms with van der Waals surface area (Å²) in [5, 5.41) is 3.72. The Bertz CT molecular complexity index is 255. The third-order valence-electron chi connectivity index (χ3n) is 6.45. The van der Waals surface area contributed by atoms with Crippen LogP contribution in [0.3, 0.4) is 0 Å². The van der Waals surface area contributed by atoms with Crippen molar-refractivity contribution in [1.82, 2.24) is 5.32 Å². The van der Waals surface area contributed by atoms with Gasteiger partial charge in [0.25, 0.3) is 0 Å². The summed E-state index contributed by atoms with van der Waals surface area (Å²) in [4.78, 5) is 0. The molecule has 104 valence electrons. The van der Waals surface area contributed by atoms with Gasteiger partial charge in [-0.05, 0) is 62.3 Å². The first kappa shape index (κ1) is 13.0. The van der Waals surface area contributed by atoms with E-state index in [-0.39, 0.29) is 0 Å². The van der Waals surface area contributed by atoms with Crippen molar-refractivity contribution in [3.8, 4) is 0 Å². The Labute approximate surface area is 113 Å². The normalized spacial score (nSPS) is 45.3. The molecule has 0 aromatic heterocycles. The Morgan fingerprint density at radius 1 is 0.944 bits per heavy atom. The number of rotatable bonds is 4. The van der Waals surface area contributed by atoms with Crippen LogP contribution in [0.25, 0.3) is 0 Å². The Morgan fingerprint density at radius 3 is 2.06 bits per heavy atom. The molecule has 0 aliphatic heterocycles. The van der Waals surface area contributed by atoms with Crippen molar-refractivity contribution in [3.63, 3.8) is 0 Å². The summed E-state index contributed by atoms with van der Waals surface area (Å²) in [6.07, 6.45) is 13.5. The lowest BCUT2D eigenvalue weighted by molar-refractivity contribution is 0.203. The van der Waals surface area contributed by atoms with Gasteiger partial charge in [-0.1, -0.05) is 39.0 Å². The maximum absolute atomic E-state index is 3.72. The Balaban J connectivity index is 1.57. The van der Waals surface area contributed by atoms with Crippen LogP contribution in [0, 0.1) is 29.6 Å². The molecule has 1 heteroatoms. The van der Waals surface area contributed by atoms with Crippen LogP contribution in [-0.2, 0) is 0 Å². The van der Waals surface area contributed by atoms with E-state index < -0.39 is 0 Å². The van der Waals surface area contributed by atoms with Crippen LogP contribution < -0.4 is 5.32 Å². The molecule has 1 N–H and O–H groups in total. The molecule has 0 saturated heterocycles. The van der Waals surface area contributed by atoms with Gasteiger partial charge in [-0.15, -0.1) is 0 Å². The monoisotopic (exact) mass is 249 g/mol. The highest BCUT2D eigenvalue weighted by molar-refractivity contribution is 5.06. The van der Waals surface area contributed by atoms with Crippen LogP contribution in [0.1, 0.15) is 64.7 Å². The van der Waals surface area contributed by atoms with E-state index in [0.29, 0.717) is 0 Å². The van der Waals surface area contributed by atoms with Gasteiger partial charge in [0, 0.05) is 6.04 Å². The van der Waals surface area contributed by atoms with Crippen molar-refractivity contribution in [2.75, 3.05) is 7.05 Å². The van der Waals surface area contributed by atoms with Crippen LogP contribution in [0.2, 0.25) is 0 Å². The molecular formula is C17H31N. The van der Waals surface area contributed by atoms with Crippen LogP contribution in [-0.4, -0.2) is 13.1 Å². The summed E-state index contributed by atoms with van der Waals surface area (Å²) in [5.74, 6) is 5.31. The average molecular weight is 249 g/mol. The van der Waals surface area contributed by atoms with Gasteiger partial charge in [0.15, 0.2) is 0 Å². The smallest absolute Gasteiger partial charge is 0.0126 e. The molecule has 3 rings (SSSR count). The van der Waals surface area contributed by atoms with Gasteiger partial charge >= 0.3 is 0 Å². The first-order valence-electron chi connectivity index (χ1n) is 8.52. The van der Waals surface area contributed by atoms with Gasteiger partial charge in [0.2, 0.25) is 0 Å². The number of nitrogens with one attached hydrogen (secondary N) is 1. The van der Waals surface area contributed by atoms with Crippen LogP contribution in [0.4, 0.5) is 0 Å². The SMILES string of the molecule is CCC1CCC(C(NC)C2C3CCCCC32)CC1. The molecule has 18 heavy (non-hydrogen) atoms. The van der Waals surface area contributed by atoms with Crippen molar-refractivity contribution in [2.24, 2.45) is 29.6 Å². The molecule has 3 fully saturated rings. The standard InChI is InChI=1S/C17H31N/c1-3-12-8-10-13(11-9-12)17(18-2)16-14-6-4-5-7-15(14)16/h12-18H,3-11H2,1-2H3. The fourth-order valence-corrected chi connectivity index (χ4v) is 5.28. The quantitative estimate of drug-likeness (QED) is 0.786. The third kappa shape index (κ3) is 2.35. The van der Waals surface area contributed by atoms with E-state index in [0.717, 1.165) is 35.6 Å². The molecule has 3 saturated carbocycles. The van der Waals surface area contributed by atoms with Crippen molar-refractivity contribution in [3.05, 3.63) is 0 Å². The molecular weight excluding hydrogens is 218 g/mol. The number of fused-ring (bicyclic) bond motifs is 1. The van der Waals surface area contributed by atoms with Crippen molar-refractivity contribution in [2.45, 2.75) is 70.8 Å². The Kier molecular flexibility index (Phi) is 3.98. The fourth-order valence-electron chi connectivity index (χ4n) is 5.28. The summed E-state index contributed by atoms with van der Waals surface area (Å²) < 4.78 is 0. The molecule has 1 nitrogen and oxygen atoms in total. The van der Waals surface area contributed by atoms with Gasteiger partial charge in [-0.2, -0.15) is 0 Å². The number of hydrogen-bond donors (Lipinski definition) is 1. The molecule has 0 heterocycles.